The van der Waals surface area contributed by atoms with Gasteiger partial charge in [-0.3, -0.25) is 4.57 Å². The molecule has 0 atom stereocenters. The summed E-state index contributed by atoms with van der Waals surface area (Å²) < 4.78 is 11.1. The molecule has 0 N–H and O–H groups in total. The van der Waals surface area contributed by atoms with Gasteiger partial charge in [0, 0.05) is 54.6 Å². The minimum absolute atomic E-state index is 0.546. The van der Waals surface area contributed by atoms with Crippen molar-refractivity contribution in [2.75, 3.05) is 0 Å². The topological polar surface area (TPSA) is 61.7 Å². The van der Waals surface area contributed by atoms with Gasteiger partial charge in [-0.15, -0.1) is 0 Å². The Morgan fingerprint density at radius 2 is 1.00 bits per heavy atom. The highest BCUT2D eigenvalue weighted by molar-refractivity contribution is 6.28. The summed E-state index contributed by atoms with van der Waals surface area (Å²) in [5.74, 6) is 1.71. The Bertz CT molecular complexity index is 4020. The Morgan fingerprint density at radius 3 is 1.85 bits per heavy atom. The van der Waals surface area contributed by atoms with Crippen LogP contribution in [-0.4, -0.2) is 24.1 Å². The second-order valence-electron chi connectivity index (χ2n) is 16.0. The number of benzene rings is 9. The first-order valence-corrected chi connectivity index (χ1v) is 20.6. The van der Waals surface area contributed by atoms with Gasteiger partial charge in [0.2, 0.25) is 5.95 Å². The van der Waals surface area contributed by atoms with Crippen LogP contribution in [0.1, 0.15) is 0 Å². The first kappa shape index (κ1) is 32.6. The van der Waals surface area contributed by atoms with Gasteiger partial charge in [-0.2, -0.15) is 9.97 Å². The van der Waals surface area contributed by atoms with Crippen molar-refractivity contribution in [1.29, 1.82) is 0 Å². The lowest BCUT2D eigenvalue weighted by Crippen LogP contribution is -2.06. The lowest BCUT2D eigenvalue weighted by Gasteiger charge is -2.13. The van der Waals surface area contributed by atoms with Crippen molar-refractivity contribution in [3.05, 3.63) is 188 Å². The minimum atomic E-state index is 0.546. The van der Waals surface area contributed by atoms with Gasteiger partial charge in [0.15, 0.2) is 11.6 Å². The van der Waals surface area contributed by atoms with Gasteiger partial charge < -0.3 is 8.98 Å². The molecule has 0 saturated heterocycles. The summed E-state index contributed by atoms with van der Waals surface area (Å²) in [6, 6.07) is 66.8. The van der Waals surface area contributed by atoms with Crippen LogP contribution >= 0.6 is 0 Å². The molecule has 6 nitrogen and oxygen atoms in total. The highest BCUT2D eigenvalue weighted by atomic mass is 16.3. The van der Waals surface area contributed by atoms with E-state index in [1.165, 1.54) is 49.7 Å². The van der Waals surface area contributed by atoms with Crippen molar-refractivity contribution < 1.29 is 4.42 Å². The molecule has 61 heavy (non-hydrogen) atoms. The van der Waals surface area contributed by atoms with Crippen LogP contribution in [0.2, 0.25) is 0 Å². The van der Waals surface area contributed by atoms with Crippen LogP contribution in [0, 0.1) is 0 Å². The Morgan fingerprint density at radius 1 is 0.377 bits per heavy atom. The molecule has 0 spiro atoms. The number of hydrogen-bond acceptors (Lipinski definition) is 4. The summed E-state index contributed by atoms with van der Waals surface area (Å²) in [4.78, 5) is 16.0. The Kier molecular flexibility index (Phi) is 6.46. The van der Waals surface area contributed by atoms with Gasteiger partial charge in [0.1, 0.15) is 11.2 Å². The molecule has 282 valence electrons. The maximum Gasteiger partial charge on any atom is 0.238 e. The van der Waals surface area contributed by atoms with Crippen molar-refractivity contribution in [1.82, 2.24) is 24.1 Å². The third-order valence-electron chi connectivity index (χ3n) is 12.7. The van der Waals surface area contributed by atoms with Gasteiger partial charge in [-0.25, -0.2) is 4.98 Å². The van der Waals surface area contributed by atoms with E-state index in [4.69, 9.17) is 19.4 Å². The zero-order valence-electron chi connectivity index (χ0n) is 32.5. The number of fused-ring (bicyclic) bond motifs is 16. The van der Waals surface area contributed by atoms with Crippen LogP contribution in [0.15, 0.2) is 192 Å². The third kappa shape index (κ3) is 4.53. The lowest BCUT2D eigenvalue weighted by molar-refractivity contribution is 0.669. The molecular formula is C55H31N5O. The molecule has 0 radical (unpaired) electrons. The zero-order chi connectivity index (χ0) is 39.8. The number of aromatic nitrogens is 5. The fourth-order valence-corrected chi connectivity index (χ4v) is 10.0. The summed E-state index contributed by atoms with van der Waals surface area (Å²) in [6.45, 7) is 0. The first-order valence-electron chi connectivity index (χ1n) is 20.6. The van der Waals surface area contributed by atoms with Crippen LogP contribution in [0.5, 0.6) is 0 Å². The van der Waals surface area contributed by atoms with Gasteiger partial charge >= 0.3 is 0 Å². The number of para-hydroxylation sites is 4. The van der Waals surface area contributed by atoms with Gasteiger partial charge in [0.25, 0.3) is 0 Å². The molecule has 5 heterocycles. The number of nitrogens with zero attached hydrogens (tertiary/aromatic N) is 5. The van der Waals surface area contributed by atoms with Crippen LogP contribution in [0.25, 0.3) is 133 Å². The fraction of sp³-hybridized carbons (Fsp3) is 0. The SMILES string of the molecule is c1ccc2c(c1)-c1ccccc1-n1c3ccccc3c3cc4c(c-2c31)c1ccccc1n4-c1nc(-c2ccc3ccccc3c2)nc(-c2ccc3c(c2)oc2ccccc23)n1. The van der Waals surface area contributed by atoms with E-state index >= 15 is 0 Å². The van der Waals surface area contributed by atoms with Crippen molar-refractivity contribution in [2.45, 2.75) is 0 Å². The predicted molar refractivity (Wildman–Crippen MR) is 249 cm³/mol. The summed E-state index contributed by atoms with van der Waals surface area (Å²) in [7, 11) is 0. The summed E-state index contributed by atoms with van der Waals surface area (Å²) in [6.07, 6.45) is 0. The standard InChI is InChI=1S/C55H31N5O/c1-2-14-33-29-34(26-25-32(33)13-1)53-56-54(35-27-28-40-39-18-8-12-24-48(39)61-49(40)30-35)58-55(57-53)60-46-23-11-7-20-42(46)50-47(60)31-43-38-17-6-10-22-45(38)59-44-21-9-5-16-37(44)36-15-3-4-19-41(36)51(50)52(43)59/h1-31H. The van der Waals surface area contributed by atoms with Gasteiger partial charge in [-0.05, 0) is 70.4 Å². The zero-order valence-corrected chi connectivity index (χ0v) is 32.5. The molecule has 4 aromatic heterocycles. The van der Waals surface area contributed by atoms with Gasteiger partial charge in [0.05, 0.1) is 27.8 Å². The summed E-state index contributed by atoms with van der Waals surface area (Å²) in [5, 5.41) is 9.08. The van der Waals surface area contributed by atoms with E-state index in [0.717, 1.165) is 65.6 Å². The van der Waals surface area contributed by atoms with Crippen molar-refractivity contribution in [3.8, 4) is 56.7 Å². The molecule has 9 aromatic carbocycles. The average Bonchev–Trinajstić information content (AvgIpc) is 3.95. The largest absolute Gasteiger partial charge is 0.456 e. The number of rotatable bonds is 3. The van der Waals surface area contributed by atoms with Crippen LogP contribution in [-0.2, 0) is 0 Å². The maximum atomic E-state index is 6.39. The molecule has 0 unspecified atom stereocenters. The molecule has 6 heteroatoms. The molecule has 0 bridgehead atoms. The van der Waals surface area contributed by atoms with E-state index < -0.39 is 0 Å². The van der Waals surface area contributed by atoms with Crippen molar-refractivity contribution >= 4 is 76.3 Å². The smallest absolute Gasteiger partial charge is 0.238 e. The number of furan rings is 1. The number of hydrogen-bond donors (Lipinski definition) is 0. The Labute approximate surface area is 348 Å². The Balaban J connectivity index is 1.12. The summed E-state index contributed by atoms with van der Waals surface area (Å²) >= 11 is 0. The lowest BCUT2D eigenvalue weighted by atomic mass is 9.91. The Hall–Kier alpha value is -8.35. The fourth-order valence-electron chi connectivity index (χ4n) is 10.0. The quantitative estimate of drug-likeness (QED) is 0.179. The molecule has 1 aliphatic heterocycles. The van der Waals surface area contributed by atoms with Gasteiger partial charge in [-0.1, -0.05) is 140 Å². The molecule has 1 aliphatic rings. The van der Waals surface area contributed by atoms with E-state index in [0.29, 0.717) is 17.6 Å². The van der Waals surface area contributed by atoms with E-state index in [-0.39, 0.29) is 0 Å². The second-order valence-corrected chi connectivity index (χ2v) is 16.0. The highest BCUT2D eigenvalue weighted by Crippen LogP contribution is 2.51. The van der Waals surface area contributed by atoms with Crippen molar-refractivity contribution in [2.24, 2.45) is 0 Å². The average molecular weight is 778 g/mol. The van der Waals surface area contributed by atoms with E-state index in [1.807, 2.05) is 18.2 Å². The molecule has 0 saturated carbocycles. The van der Waals surface area contributed by atoms with Crippen LogP contribution in [0.4, 0.5) is 0 Å². The van der Waals surface area contributed by atoms with Crippen LogP contribution < -0.4 is 0 Å². The molecule has 0 aliphatic carbocycles. The normalized spacial score (nSPS) is 12.3. The molecular weight excluding hydrogens is 747 g/mol. The maximum absolute atomic E-state index is 6.39. The van der Waals surface area contributed by atoms with E-state index in [2.05, 4.69) is 179 Å². The first-order chi connectivity index (χ1) is 30.2. The predicted octanol–water partition coefficient (Wildman–Crippen LogP) is 14.1. The van der Waals surface area contributed by atoms with E-state index in [1.54, 1.807) is 0 Å². The van der Waals surface area contributed by atoms with Crippen LogP contribution in [0.3, 0.4) is 0 Å². The molecule has 0 amide bonds. The summed E-state index contributed by atoms with van der Waals surface area (Å²) in [5.41, 5.74) is 13.8. The molecule has 0 fully saturated rings. The van der Waals surface area contributed by atoms with Crippen molar-refractivity contribution in [3.63, 3.8) is 0 Å². The molecule has 14 rings (SSSR count). The second kappa shape index (κ2) is 12.1. The monoisotopic (exact) mass is 777 g/mol. The van der Waals surface area contributed by atoms with E-state index in [9.17, 15) is 0 Å². The third-order valence-corrected chi connectivity index (χ3v) is 12.7. The minimum Gasteiger partial charge on any atom is -0.456 e. The highest BCUT2D eigenvalue weighted by Gasteiger charge is 2.29. The molecule has 13 aromatic rings.